The van der Waals surface area contributed by atoms with Crippen molar-refractivity contribution in [2.75, 3.05) is 26.7 Å². The van der Waals surface area contributed by atoms with Gasteiger partial charge in [0.25, 0.3) is 0 Å². The number of hydrogen-bond donors (Lipinski definition) is 0. The molecule has 2 aliphatic heterocycles. The monoisotopic (exact) mass is 293 g/mol. The fraction of sp³-hybridized carbons (Fsp3) is 0.692. The molecule has 0 N–H and O–H groups in total. The van der Waals surface area contributed by atoms with Crippen LogP contribution in [0.5, 0.6) is 0 Å². The number of carbonyl (C=O) groups is 2. The molecule has 0 bridgehead atoms. The zero-order valence-corrected chi connectivity index (χ0v) is 12.1. The van der Waals surface area contributed by atoms with Crippen molar-refractivity contribution < 1.29 is 14.3 Å². The van der Waals surface area contributed by atoms with E-state index in [4.69, 9.17) is 4.74 Å². The average molecular weight is 293 g/mol. The topological polar surface area (TPSA) is 80.6 Å². The van der Waals surface area contributed by atoms with Gasteiger partial charge in [0, 0.05) is 26.6 Å². The predicted molar refractivity (Wildman–Crippen MR) is 72.3 cm³/mol. The van der Waals surface area contributed by atoms with Crippen LogP contribution in [0.1, 0.15) is 19.3 Å². The molecule has 2 amide bonds. The van der Waals surface area contributed by atoms with E-state index in [1.165, 1.54) is 17.3 Å². The molecule has 3 heterocycles. The Bertz CT molecular complexity index is 532. The first-order chi connectivity index (χ1) is 10.1. The molecule has 0 radical (unpaired) electrons. The molecule has 1 atom stereocenters. The molecule has 8 heteroatoms. The molecule has 114 valence electrons. The molecule has 8 nitrogen and oxygen atoms in total. The van der Waals surface area contributed by atoms with E-state index in [-0.39, 0.29) is 18.5 Å². The van der Waals surface area contributed by atoms with Crippen LogP contribution >= 0.6 is 0 Å². The van der Waals surface area contributed by atoms with Crippen molar-refractivity contribution in [2.45, 2.75) is 31.4 Å². The summed E-state index contributed by atoms with van der Waals surface area (Å²) in [5, 5.41) is 3.95. The van der Waals surface area contributed by atoms with E-state index in [1.807, 2.05) is 4.90 Å². The van der Waals surface area contributed by atoms with Gasteiger partial charge in [0.15, 0.2) is 0 Å². The van der Waals surface area contributed by atoms with Gasteiger partial charge in [0.05, 0.1) is 6.54 Å². The van der Waals surface area contributed by atoms with Crippen LogP contribution in [0.25, 0.3) is 0 Å². The summed E-state index contributed by atoms with van der Waals surface area (Å²) in [4.78, 5) is 31.1. The number of amides is 2. The Balaban J connectivity index is 1.61. The lowest BCUT2D eigenvalue weighted by Gasteiger charge is -2.25. The van der Waals surface area contributed by atoms with Crippen LogP contribution in [-0.2, 0) is 16.1 Å². The lowest BCUT2D eigenvalue weighted by Crippen LogP contribution is -2.38. The summed E-state index contributed by atoms with van der Waals surface area (Å²) in [5.74, 6) is 0.0234. The van der Waals surface area contributed by atoms with Crippen molar-refractivity contribution in [1.29, 1.82) is 0 Å². The van der Waals surface area contributed by atoms with Gasteiger partial charge in [0.1, 0.15) is 24.8 Å². The number of ether oxygens (including phenoxy) is 1. The molecular weight excluding hydrogens is 274 g/mol. The molecule has 1 aromatic heterocycles. The van der Waals surface area contributed by atoms with Gasteiger partial charge in [-0.3, -0.25) is 4.79 Å². The summed E-state index contributed by atoms with van der Waals surface area (Å²) in [6, 6.07) is 0. The Morgan fingerprint density at radius 2 is 2.29 bits per heavy atom. The second-order valence-corrected chi connectivity index (χ2v) is 5.73. The van der Waals surface area contributed by atoms with E-state index in [1.54, 1.807) is 11.9 Å². The Morgan fingerprint density at radius 3 is 2.95 bits per heavy atom. The third-order valence-electron chi connectivity index (χ3n) is 4.16. The largest absolute Gasteiger partial charge is 0.441 e. The standard InChI is InChI=1S/C13H19N5O3/c1-16-8-13(21-12(16)20)3-2-5-17(6-4-13)11(19)7-18-10-14-9-15-18/h9-10H,2-8H2,1H3. The van der Waals surface area contributed by atoms with Gasteiger partial charge in [-0.2, -0.15) is 5.10 Å². The molecule has 3 rings (SSSR count). The third kappa shape index (κ3) is 2.84. The van der Waals surface area contributed by atoms with Crippen LogP contribution < -0.4 is 0 Å². The van der Waals surface area contributed by atoms with Crippen LogP contribution in [0.15, 0.2) is 12.7 Å². The fourth-order valence-electron chi connectivity index (χ4n) is 3.02. The second kappa shape index (κ2) is 5.34. The van der Waals surface area contributed by atoms with Crippen molar-refractivity contribution in [3.63, 3.8) is 0 Å². The summed E-state index contributed by atoms with van der Waals surface area (Å²) in [7, 11) is 1.75. The minimum atomic E-state index is -0.423. The number of hydrogen-bond acceptors (Lipinski definition) is 5. The zero-order valence-electron chi connectivity index (χ0n) is 12.1. The van der Waals surface area contributed by atoms with Crippen molar-refractivity contribution in [3.8, 4) is 0 Å². The molecule has 0 saturated carbocycles. The summed E-state index contributed by atoms with van der Waals surface area (Å²) < 4.78 is 7.06. The number of likely N-dealkylation sites (tertiary alicyclic amines) is 1. The highest BCUT2D eigenvalue weighted by Gasteiger charge is 2.44. The highest BCUT2D eigenvalue weighted by Crippen LogP contribution is 2.32. The van der Waals surface area contributed by atoms with Gasteiger partial charge >= 0.3 is 6.09 Å². The minimum Gasteiger partial charge on any atom is -0.441 e. The maximum atomic E-state index is 12.3. The van der Waals surface area contributed by atoms with Gasteiger partial charge in [-0.05, 0) is 12.8 Å². The Labute approximate surface area is 122 Å². The van der Waals surface area contributed by atoms with Crippen LogP contribution in [0, 0.1) is 0 Å². The Hall–Kier alpha value is -2.12. The molecule has 1 unspecified atom stereocenters. The quantitative estimate of drug-likeness (QED) is 0.773. The highest BCUT2D eigenvalue weighted by atomic mass is 16.6. The van der Waals surface area contributed by atoms with E-state index < -0.39 is 5.60 Å². The first-order valence-electron chi connectivity index (χ1n) is 7.12. The smallest absolute Gasteiger partial charge is 0.410 e. The number of likely N-dealkylation sites (N-methyl/N-ethyl adjacent to an activating group) is 1. The van der Waals surface area contributed by atoms with E-state index in [9.17, 15) is 9.59 Å². The van der Waals surface area contributed by atoms with E-state index in [0.717, 1.165) is 12.8 Å². The number of rotatable bonds is 2. The maximum absolute atomic E-state index is 12.3. The molecule has 1 spiro atoms. The number of carbonyl (C=O) groups excluding carboxylic acids is 2. The molecule has 0 aromatic carbocycles. The fourth-order valence-corrected chi connectivity index (χ4v) is 3.02. The summed E-state index contributed by atoms with van der Waals surface area (Å²) in [5.41, 5.74) is -0.423. The van der Waals surface area contributed by atoms with Gasteiger partial charge in [-0.1, -0.05) is 0 Å². The summed E-state index contributed by atoms with van der Waals surface area (Å²) in [6.45, 7) is 2.11. The highest BCUT2D eigenvalue weighted by molar-refractivity contribution is 5.76. The number of nitrogens with zero attached hydrogens (tertiary/aromatic N) is 5. The third-order valence-corrected chi connectivity index (χ3v) is 4.16. The van der Waals surface area contributed by atoms with Crippen molar-refractivity contribution in [2.24, 2.45) is 0 Å². The van der Waals surface area contributed by atoms with Crippen LogP contribution in [0.3, 0.4) is 0 Å². The van der Waals surface area contributed by atoms with Crippen LogP contribution in [-0.4, -0.2) is 68.8 Å². The molecule has 2 fully saturated rings. The Morgan fingerprint density at radius 1 is 1.43 bits per heavy atom. The van der Waals surface area contributed by atoms with Gasteiger partial charge in [-0.15, -0.1) is 0 Å². The minimum absolute atomic E-state index is 0.0234. The molecule has 2 saturated heterocycles. The summed E-state index contributed by atoms with van der Waals surface area (Å²) in [6.07, 6.45) is 5.01. The lowest BCUT2D eigenvalue weighted by molar-refractivity contribution is -0.132. The van der Waals surface area contributed by atoms with Gasteiger partial charge in [0.2, 0.25) is 5.91 Å². The van der Waals surface area contributed by atoms with Crippen LogP contribution in [0.2, 0.25) is 0 Å². The van der Waals surface area contributed by atoms with E-state index in [2.05, 4.69) is 10.1 Å². The second-order valence-electron chi connectivity index (χ2n) is 5.73. The average Bonchev–Trinajstić information content (AvgIpc) is 2.97. The van der Waals surface area contributed by atoms with Gasteiger partial charge in [-0.25, -0.2) is 14.5 Å². The van der Waals surface area contributed by atoms with Crippen molar-refractivity contribution >= 4 is 12.0 Å². The zero-order chi connectivity index (χ0) is 14.9. The van der Waals surface area contributed by atoms with Crippen molar-refractivity contribution in [1.82, 2.24) is 24.6 Å². The molecule has 0 aliphatic carbocycles. The molecule has 2 aliphatic rings. The van der Waals surface area contributed by atoms with E-state index in [0.29, 0.717) is 26.1 Å². The molecule has 1 aromatic rings. The normalized spacial score (nSPS) is 26.0. The predicted octanol–water partition coefficient (Wildman–Crippen LogP) is 0.111. The summed E-state index contributed by atoms with van der Waals surface area (Å²) >= 11 is 0. The number of aromatic nitrogens is 3. The molecule has 21 heavy (non-hydrogen) atoms. The maximum Gasteiger partial charge on any atom is 0.410 e. The molecular formula is C13H19N5O3. The first-order valence-corrected chi connectivity index (χ1v) is 7.12. The Kier molecular flexibility index (Phi) is 3.52. The lowest BCUT2D eigenvalue weighted by atomic mass is 9.95. The first kappa shape index (κ1) is 13.8. The van der Waals surface area contributed by atoms with Crippen molar-refractivity contribution in [3.05, 3.63) is 12.7 Å². The van der Waals surface area contributed by atoms with Crippen LogP contribution in [0.4, 0.5) is 4.79 Å². The van der Waals surface area contributed by atoms with E-state index >= 15 is 0 Å². The SMILES string of the molecule is CN1CC2(CCCN(C(=O)Cn3cncn3)CC2)OC1=O. The van der Waals surface area contributed by atoms with Gasteiger partial charge < -0.3 is 14.5 Å².